The summed E-state index contributed by atoms with van der Waals surface area (Å²) in [7, 11) is 0. The molecule has 74 valence electrons. The maximum absolute atomic E-state index is 10.5. The van der Waals surface area contributed by atoms with E-state index in [1.807, 2.05) is 6.07 Å². The maximum atomic E-state index is 10.5. The van der Waals surface area contributed by atoms with Crippen LogP contribution in [0.4, 0.5) is 11.5 Å². The summed E-state index contributed by atoms with van der Waals surface area (Å²) in [6.07, 6.45) is 1.39. The quantitative estimate of drug-likeness (QED) is 0.412. The van der Waals surface area contributed by atoms with Gasteiger partial charge in [0.25, 0.3) is 0 Å². The van der Waals surface area contributed by atoms with Crippen LogP contribution in [0.15, 0.2) is 12.3 Å². The molecule has 0 spiro atoms. The fourth-order valence-electron chi connectivity index (χ4n) is 0.864. The summed E-state index contributed by atoms with van der Waals surface area (Å²) in [5.74, 6) is 4.95. The molecule has 0 bridgehead atoms. The summed E-state index contributed by atoms with van der Waals surface area (Å²) >= 11 is 0. The third kappa shape index (κ3) is 2.68. The Labute approximate surface area is 85.5 Å². The van der Waals surface area contributed by atoms with Crippen molar-refractivity contribution in [2.45, 2.75) is 6.42 Å². The monoisotopic (exact) mass is 202 g/mol. The fourth-order valence-corrected chi connectivity index (χ4v) is 0.864. The zero-order chi connectivity index (χ0) is 11.3. The summed E-state index contributed by atoms with van der Waals surface area (Å²) in [5.41, 5.74) is 5.38. The zero-order valence-electron chi connectivity index (χ0n) is 7.60. The Kier molecular flexibility index (Phi) is 3.20. The summed E-state index contributed by atoms with van der Waals surface area (Å²) < 4.78 is 0. The van der Waals surface area contributed by atoms with Crippen molar-refractivity contribution in [3.63, 3.8) is 0 Å². The largest absolute Gasteiger partial charge is 0.378 e. The van der Waals surface area contributed by atoms with Crippen LogP contribution in [0.1, 0.15) is 12.0 Å². The SMILES string of the molecule is N#CCC#Cc1cnc(N)c([N+](=O)[O-])c1. The molecule has 0 atom stereocenters. The molecule has 2 N–H and O–H groups in total. The lowest BCUT2D eigenvalue weighted by Crippen LogP contribution is -1.98. The van der Waals surface area contributed by atoms with Crippen LogP contribution in [0, 0.1) is 33.3 Å². The number of nitrogen functional groups attached to an aromatic ring is 1. The van der Waals surface area contributed by atoms with E-state index in [1.165, 1.54) is 12.3 Å². The van der Waals surface area contributed by atoms with Crippen LogP contribution in [-0.4, -0.2) is 9.91 Å². The number of nitrogens with two attached hydrogens (primary N) is 1. The lowest BCUT2D eigenvalue weighted by Gasteiger charge is -1.95. The molecule has 1 rings (SSSR count). The number of rotatable bonds is 1. The highest BCUT2D eigenvalue weighted by atomic mass is 16.6. The molecule has 6 nitrogen and oxygen atoms in total. The Morgan fingerprint density at radius 3 is 3.00 bits per heavy atom. The first-order valence-corrected chi connectivity index (χ1v) is 3.91. The minimum atomic E-state index is -0.627. The van der Waals surface area contributed by atoms with Gasteiger partial charge in [-0.3, -0.25) is 10.1 Å². The molecule has 1 heterocycles. The Balaban J connectivity index is 3.05. The third-order valence-electron chi connectivity index (χ3n) is 1.49. The first kappa shape index (κ1) is 10.5. The van der Waals surface area contributed by atoms with Crippen molar-refractivity contribution < 1.29 is 4.92 Å². The first-order chi connectivity index (χ1) is 7.15. The van der Waals surface area contributed by atoms with Gasteiger partial charge in [-0.2, -0.15) is 5.26 Å². The lowest BCUT2D eigenvalue weighted by atomic mass is 10.2. The Hall–Kier alpha value is -2.60. The standard InChI is InChI=1S/C9H6N4O2/c10-4-2-1-3-7-5-8(13(14)15)9(11)12-6-7/h5-6H,2H2,(H2,11,12). The van der Waals surface area contributed by atoms with Gasteiger partial charge in [-0.05, 0) is 0 Å². The molecular weight excluding hydrogens is 196 g/mol. The average Bonchev–Trinajstić information content (AvgIpc) is 2.20. The summed E-state index contributed by atoms with van der Waals surface area (Å²) in [5, 5.41) is 18.7. The molecule has 0 aromatic carbocycles. The Bertz CT molecular complexity index is 493. The van der Waals surface area contributed by atoms with E-state index in [2.05, 4.69) is 16.8 Å². The van der Waals surface area contributed by atoms with Gasteiger partial charge in [0, 0.05) is 17.8 Å². The molecule has 0 saturated carbocycles. The first-order valence-electron chi connectivity index (χ1n) is 3.91. The number of nitro groups is 1. The molecule has 0 aliphatic heterocycles. The minimum Gasteiger partial charge on any atom is -0.378 e. The molecule has 0 saturated heterocycles. The van der Waals surface area contributed by atoms with E-state index < -0.39 is 4.92 Å². The van der Waals surface area contributed by atoms with E-state index in [9.17, 15) is 10.1 Å². The van der Waals surface area contributed by atoms with Gasteiger partial charge in [-0.15, -0.1) is 0 Å². The highest BCUT2D eigenvalue weighted by molar-refractivity contribution is 5.55. The molecule has 0 radical (unpaired) electrons. The number of pyridine rings is 1. The summed E-state index contributed by atoms with van der Waals surface area (Å²) in [4.78, 5) is 13.5. The van der Waals surface area contributed by atoms with E-state index >= 15 is 0 Å². The number of nitriles is 1. The number of aromatic nitrogens is 1. The number of anilines is 1. The predicted octanol–water partition coefficient (Wildman–Crippen LogP) is 0.837. The number of hydrogen-bond donors (Lipinski definition) is 1. The second kappa shape index (κ2) is 4.58. The molecule has 0 fully saturated rings. The van der Waals surface area contributed by atoms with Crippen LogP contribution in [0.5, 0.6) is 0 Å². The van der Waals surface area contributed by atoms with Crippen molar-refractivity contribution >= 4 is 11.5 Å². The van der Waals surface area contributed by atoms with Crippen molar-refractivity contribution in [3.8, 4) is 17.9 Å². The smallest absolute Gasteiger partial charge is 0.312 e. The molecule has 0 amide bonds. The molecule has 1 aromatic heterocycles. The maximum Gasteiger partial charge on any atom is 0.312 e. The normalized spacial score (nSPS) is 8.47. The molecule has 0 aliphatic rings. The van der Waals surface area contributed by atoms with Crippen LogP contribution in [0.25, 0.3) is 0 Å². The van der Waals surface area contributed by atoms with Gasteiger partial charge in [0.05, 0.1) is 17.4 Å². The Morgan fingerprint density at radius 1 is 1.67 bits per heavy atom. The molecule has 0 unspecified atom stereocenters. The van der Waals surface area contributed by atoms with E-state index in [0.29, 0.717) is 5.56 Å². The number of nitrogens with zero attached hydrogens (tertiary/aromatic N) is 3. The second-order valence-electron chi connectivity index (χ2n) is 2.52. The lowest BCUT2D eigenvalue weighted by molar-refractivity contribution is -0.384. The van der Waals surface area contributed by atoms with Crippen molar-refractivity contribution in [2.24, 2.45) is 0 Å². The average molecular weight is 202 g/mol. The van der Waals surface area contributed by atoms with E-state index in [4.69, 9.17) is 11.0 Å². The molecule has 1 aromatic rings. The third-order valence-corrected chi connectivity index (χ3v) is 1.49. The molecule has 0 aliphatic carbocycles. The highest BCUT2D eigenvalue weighted by Gasteiger charge is 2.12. The van der Waals surface area contributed by atoms with Crippen LogP contribution >= 0.6 is 0 Å². The topological polar surface area (TPSA) is 106 Å². The predicted molar refractivity (Wildman–Crippen MR) is 52.4 cm³/mol. The minimum absolute atomic E-state index is 0.0676. The molecule has 15 heavy (non-hydrogen) atoms. The van der Waals surface area contributed by atoms with Crippen LogP contribution < -0.4 is 5.73 Å². The van der Waals surface area contributed by atoms with Gasteiger partial charge in [0.15, 0.2) is 0 Å². The summed E-state index contributed by atoms with van der Waals surface area (Å²) in [6.45, 7) is 0. The Morgan fingerprint density at radius 2 is 2.40 bits per heavy atom. The van der Waals surface area contributed by atoms with Crippen molar-refractivity contribution in [1.82, 2.24) is 4.98 Å². The molecular formula is C9H6N4O2. The van der Waals surface area contributed by atoms with Gasteiger partial charge in [0.1, 0.15) is 0 Å². The van der Waals surface area contributed by atoms with Gasteiger partial charge >= 0.3 is 5.69 Å². The van der Waals surface area contributed by atoms with Crippen LogP contribution in [0.3, 0.4) is 0 Å². The van der Waals surface area contributed by atoms with Gasteiger partial charge in [-0.1, -0.05) is 11.8 Å². The van der Waals surface area contributed by atoms with Crippen molar-refractivity contribution in [1.29, 1.82) is 5.26 Å². The summed E-state index contributed by atoms with van der Waals surface area (Å²) in [6, 6.07) is 3.06. The van der Waals surface area contributed by atoms with Crippen LogP contribution in [-0.2, 0) is 0 Å². The zero-order valence-corrected chi connectivity index (χ0v) is 7.60. The van der Waals surface area contributed by atoms with Gasteiger partial charge in [-0.25, -0.2) is 4.98 Å². The van der Waals surface area contributed by atoms with Gasteiger partial charge < -0.3 is 5.73 Å². The fraction of sp³-hybridized carbons (Fsp3) is 0.111. The van der Waals surface area contributed by atoms with Crippen molar-refractivity contribution in [2.75, 3.05) is 5.73 Å². The van der Waals surface area contributed by atoms with Crippen molar-refractivity contribution in [3.05, 3.63) is 27.9 Å². The second-order valence-corrected chi connectivity index (χ2v) is 2.52. The number of hydrogen-bond acceptors (Lipinski definition) is 5. The van der Waals surface area contributed by atoms with E-state index in [0.717, 1.165) is 0 Å². The molecule has 6 heteroatoms. The van der Waals surface area contributed by atoms with Crippen LogP contribution in [0.2, 0.25) is 0 Å². The van der Waals surface area contributed by atoms with E-state index in [-0.39, 0.29) is 17.9 Å². The highest BCUT2D eigenvalue weighted by Crippen LogP contribution is 2.18. The van der Waals surface area contributed by atoms with E-state index in [1.54, 1.807) is 0 Å². The van der Waals surface area contributed by atoms with Gasteiger partial charge in [0.2, 0.25) is 5.82 Å².